The molecule has 0 aliphatic heterocycles. The van der Waals surface area contributed by atoms with Crippen LogP contribution >= 0.6 is 0 Å². The van der Waals surface area contributed by atoms with Crippen LogP contribution in [0.2, 0.25) is 0 Å². The standard InChI is InChI=1S/C20H25N3O3/c1-15(24)23-18-9-5-16(6-10-18)20(25)22-13-3-2-4-14-26-19-11-7-17(21)8-12-19/h5-12H,2-4,13-14,21H2,1H3,(H,22,25)(H,23,24). The Kier molecular flexibility index (Phi) is 7.49. The zero-order chi connectivity index (χ0) is 18.8. The normalized spacial score (nSPS) is 10.2. The van der Waals surface area contributed by atoms with Gasteiger partial charge in [-0.15, -0.1) is 0 Å². The summed E-state index contributed by atoms with van der Waals surface area (Å²) in [6.45, 7) is 2.71. The van der Waals surface area contributed by atoms with E-state index in [1.165, 1.54) is 6.92 Å². The van der Waals surface area contributed by atoms with Crippen LogP contribution in [-0.2, 0) is 4.79 Å². The summed E-state index contributed by atoms with van der Waals surface area (Å²) in [5, 5.41) is 5.56. The summed E-state index contributed by atoms with van der Waals surface area (Å²) in [6.07, 6.45) is 2.78. The maximum absolute atomic E-state index is 12.0. The lowest BCUT2D eigenvalue weighted by Gasteiger charge is -2.08. The van der Waals surface area contributed by atoms with E-state index in [-0.39, 0.29) is 11.8 Å². The fraction of sp³-hybridized carbons (Fsp3) is 0.300. The number of carbonyl (C=O) groups is 2. The zero-order valence-electron chi connectivity index (χ0n) is 15.0. The number of hydrogen-bond acceptors (Lipinski definition) is 4. The highest BCUT2D eigenvalue weighted by molar-refractivity contribution is 5.95. The Bertz CT molecular complexity index is 712. The maximum atomic E-state index is 12.0. The molecule has 0 aliphatic rings. The van der Waals surface area contributed by atoms with Crippen LogP contribution in [0.3, 0.4) is 0 Å². The Morgan fingerprint density at radius 3 is 2.31 bits per heavy atom. The Morgan fingerprint density at radius 1 is 0.962 bits per heavy atom. The lowest BCUT2D eigenvalue weighted by molar-refractivity contribution is -0.114. The largest absolute Gasteiger partial charge is 0.494 e. The van der Waals surface area contributed by atoms with Crippen LogP contribution in [0.5, 0.6) is 5.75 Å². The smallest absolute Gasteiger partial charge is 0.251 e. The van der Waals surface area contributed by atoms with Gasteiger partial charge in [-0.2, -0.15) is 0 Å². The van der Waals surface area contributed by atoms with Crippen LogP contribution in [0.4, 0.5) is 11.4 Å². The first-order valence-electron chi connectivity index (χ1n) is 8.69. The van der Waals surface area contributed by atoms with Gasteiger partial charge in [0, 0.05) is 30.4 Å². The summed E-state index contributed by atoms with van der Waals surface area (Å²) in [6, 6.07) is 14.2. The van der Waals surface area contributed by atoms with Gasteiger partial charge in [0.05, 0.1) is 6.61 Å². The van der Waals surface area contributed by atoms with E-state index in [2.05, 4.69) is 10.6 Å². The second kappa shape index (κ2) is 10.1. The van der Waals surface area contributed by atoms with Crippen LogP contribution in [0.1, 0.15) is 36.5 Å². The summed E-state index contributed by atoms with van der Waals surface area (Å²) in [5.74, 6) is 0.565. The second-order valence-electron chi connectivity index (χ2n) is 5.99. The number of amides is 2. The van der Waals surface area contributed by atoms with Crippen molar-refractivity contribution in [2.45, 2.75) is 26.2 Å². The molecule has 0 aromatic heterocycles. The number of nitrogens with one attached hydrogen (secondary N) is 2. The Balaban J connectivity index is 1.58. The van der Waals surface area contributed by atoms with Gasteiger partial charge >= 0.3 is 0 Å². The summed E-state index contributed by atoms with van der Waals surface area (Å²) in [7, 11) is 0. The number of carbonyl (C=O) groups excluding carboxylic acids is 2. The Hall–Kier alpha value is -3.02. The van der Waals surface area contributed by atoms with Crippen molar-refractivity contribution in [1.29, 1.82) is 0 Å². The minimum Gasteiger partial charge on any atom is -0.494 e. The van der Waals surface area contributed by atoms with Crippen molar-refractivity contribution in [1.82, 2.24) is 5.32 Å². The summed E-state index contributed by atoms with van der Waals surface area (Å²) >= 11 is 0. The van der Waals surface area contributed by atoms with E-state index < -0.39 is 0 Å². The van der Waals surface area contributed by atoms with Crippen LogP contribution in [0.25, 0.3) is 0 Å². The summed E-state index contributed by atoms with van der Waals surface area (Å²) in [5.41, 5.74) is 7.59. The second-order valence-corrected chi connectivity index (χ2v) is 5.99. The number of anilines is 2. The monoisotopic (exact) mass is 355 g/mol. The molecule has 0 saturated carbocycles. The third-order valence-electron chi connectivity index (χ3n) is 3.72. The molecular formula is C20H25N3O3. The van der Waals surface area contributed by atoms with Crippen molar-refractivity contribution in [2.75, 3.05) is 24.2 Å². The molecule has 0 aliphatic carbocycles. The molecule has 4 N–H and O–H groups in total. The molecule has 0 fully saturated rings. The molecule has 2 amide bonds. The van der Waals surface area contributed by atoms with Crippen LogP contribution in [0, 0.1) is 0 Å². The number of unbranched alkanes of at least 4 members (excludes halogenated alkanes) is 2. The predicted octanol–water partition coefficient (Wildman–Crippen LogP) is 3.21. The predicted molar refractivity (Wildman–Crippen MR) is 103 cm³/mol. The first kappa shape index (κ1) is 19.3. The number of rotatable bonds is 9. The lowest BCUT2D eigenvalue weighted by Crippen LogP contribution is -2.24. The van der Waals surface area contributed by atoms with Crippen LogP contribution in [0.15, 0.2) is 48.5 Å². The molecule has 26 heavy (non-hydrogen) atoms. The molecule has 0 unspecified atom stereocenters. The molecule has 6 nitrogen and oxygen atoms in total. The number of nitrogens with two attached hydrogens (primary N) is 1. The van der Waals surface area contributed by atoms with E-state index in [0.717, 1.165) is 30.7 Å². The van der Waals surface area contributed by atoms with Gasteiger partial charge in [0.1, 0.15) is 5.75 Å². The van der Waals surface area contributed by atoms with Crippen molar-refractivity contribution in [3.63, 3.8) is 0 Å². The highest BCUT2D eigenvalue weighted by atomic mass is 16.5. The quantitative estimate of drug-likeness (QED) is 0.476. The third-order valence-corrected chi connectivity index (χ3v) is 3.72. The number of benzene rings is 2. The molecular weight excluding hydrogens is 330 g/mol. The number of hydrogen-bond donors (Lipinski definition) is 3. The van der Waals surface area contributed by atoms with E-state index in [1.54, 1.807) is 24.3 Å². The first-order chi connectivity index (χ1) is 12.5. The minimum absolute atomic E-state index is 0.113. The molecule has 0 bridgehead atoms. The molecule has 2 aromatic carbocycles. The van der Waals surface area contributed by atoms with Gasteiger partial charge in [0.2, 0.25) is 5.91 Å². The van der Waals surface area contributed by atoms with Crippen LogP contribution in [-0.4, -0.2) is 25.0 Å². The number of nitrogen functional groups attached to an aromatic ring is 1. The molecule has 0 atom stereocenters. The highest BCUT2D eigenvalue weighted by Gasteiger charge is 2.05. The average Bonchev–Trinajstić information content (AvgIpc) is 2.62. The van der Waals surface area contributed by atoms with Gasteiger partial charge in [0.15, 0.2) is 0 Å². The SMILES string of the molecule is CC(=O)Nc1ccc(C(=O)NCCCCCOc2ccc(N)cc2)cc1. The van der Waals surface area contributed by atoms with Gasteiger partial charge in [-0.05, 0) is 67.8 Å². The molecule has 138 valence electrons. The van der Waals surface area contributed by atoms with E-state index in [0.29, 0.717) is 24.4 Å². The van der Waals surface area contributed by atoms with E-state index in [1.807, 2.05) is 24.3 Å². The van der Waals surface area contributed by atoms with Gasteiger partial charge < -0.3 is 21.1 Å². The topological polar surface area (TPSA) is 93.5 Å². The molecule has 6 heteroatoms. The van der Waals surface area contributed by atoms with Gasteiger partial charge in [0.25, 0.3) is 5.91 Å². The molecule has 0 saturated heterocycles. The Labute approximate surface area is 153 Å². The van der Waals surface area contributed by atoms with Crippen molar-refractivity contribution in [2.24, 2.45) is 0 Å². The molecule has 2 aromatic rings. The Morgan fingerprint density at radius 2 is 1.65 bits per heavy atom. The summed E-state index contributed by atoms with van der Waals surface area (Å²) < 4.78 is 5.62. The highest BCUT2D eigenvalue weighted by Crippen LogP contribution is 2.13. The van der Waals surface area contributed by atoms with Crippen molar-refractivity contribution < 1.29 is 14.3 Å². The summed E-state index contributed by atoms with van der Waals surface area (Å²) in [4.78, 5) is 23.0. The maximum Gasteiger partial charge on any atom is 0.251 e. The van der Waals surface area contributed by atoms with E-state index in [4.69, 9.17) is 10.5 Å². The van der Waals surface area contributed by atoms with Gasteiger partial charge in [-0.3, -0.25) is 9.59 Å². The minimum atomic E-state index is -0.137. The fourth-order valence-corrected chi connectivity index (χ4v) is 2.37. The van der Waals surface area contributed by atoms with Crippen molar-refractivity contribution >= 4 is 23.2 Å². The third kappa shape index (κ3) is 6.84. The molecule has 0 heterocycles. The lowest BCUT2D eigenvalue weighted by atomic mass is 10.2. The number of ether oxygens (including phenoxy) is 1. The molecule has 0 radical (unpaired) electrons. The zero-order valence-corrected chi connectivity index (χ0v) is 15.0. The van der Waals surface area contributed by atoms with Gasteiger partial charge in [-0.1, -0.05) is 0 Å². The van der Waals surface area contributed by atoms with E-state index >= 15 is 0 Å². The fourth-order valence-electron chi connectivity index (χ4n) is 2.37. The average molecular weight is 355 g/mol. The van der Waals surface area contributed by atoms with Crippen molar-refractivity contribution in [3.8, 4) is 5.75 Å². The molecule has 2 rings (SSSR count). The van der Waals surface area contributed by atoms with Gasteiger partial charge in [-0.25, -0.2) is 0 Å². The molecule has 0 spiro atoms. The van der Waals surface area contributed by atoms with Crippen LogP contribution < -0.4 is 21.1 Å². The first-order valence-corrected chi connectivity index (χ1v) is 8.69. The van der Waals surface area contributed by atoms with Crippen molar-refractivity contribution in [3.05, 3.63) is 54.1 Å². The van der Waals surface area contributed by atoms with E-state index in [9.17, 15) is 9.59 Å².